The van der Waals surface area contributed by atoms with Crippen LogP contribution >= 0.6 is 0 Å². The van der Waals surface area contributed by atoms with Crippen molar-refractivity contribution in [1.82, 2.24) is 9.97 Å². The van der Waals surface area contributed by atoms with Crippen LogP contribution in [-0.4, -0.2) is 17.0 Å². The third-order valence-corrected chi connectivity index (χ3v) is 4.01. The zero-order chi connectivity index (χ0) is 15.0. The van der Waals surface area contributed by atoms with Crippen LogP contribution in [0.5, 0.6) is 0 Å². The molecule has 1 aliphatic rings. The summed E-state index contributed by atoms with van der Waals surface area (Å²) >= 11 is 0. The SMILES string of the molecule is CNc1cc(C2CC2)nc(-c2ccc(C(C)(C)C)cc2)n1. The number of anilines is 1. The first-order valence-corrected chi connectivity index (χ1v) is 7.65. The summed E-state index contributed by atoms with van der Waals surface area (Å²) in [5.74, 6) is 2.36. The molecule has 0 saturated heterocycles. The highest BCUT2D eigenvalue weighted by Crippen LogP contribution is 2.40. The summed E-state index contributed by atoms with van der Waals surface area (Å²) in [5.41, 5.74) is 3.76. The summed E-state index contributed by atoms with van der Waals surface area (Å²) in [6, 6.07) is 10.7. The highest BCUT2D eigenvalue weighted by atomic mass is 15.0. The Bertz CT molecular complexity index is 635. The van der Waals surface area contributed by atoms with Crippen molar-refractivity contribution in [1.29, 1.82) is 0 Å². The lowest BCUT2D eigenvalue weighted by Gasteiger charge is -2.19. The van der Waals surface area contributed by atoms with Crippen molar-refractivity contribution in [3.05, 3.63) is 41.6 Å². The van der Waals surface area contributed by atoms with Gasteiger partial charge in [0.1, 0.15) is 5.82 Å². The summed E-state index contributed by atoms with van der Waals surface area (Å²) < 4.78 is 0. The van der Waals surface area contributed by atoms with Crippen molar-refractivity contribution in [3.63, 3.8) is 0 Å². The molecule has 1 saturated carbocycles. The molecule has 21 heavy (non-hydrogen) atoms. The first-order chi connectivity index (χ1) is 9.97. The fourth-order valence-corrected chi connectivity index (χ4v) is 2.43. The minimum atomic E-state index is 0.172. The average molecular weight is 281 g/mol. The molecule has 0 bridgehead atoms. The van der Waals surface area contributed by atoms with Gasteiger partial charge in [0, 0.05) is 30.3 Å². The molecule has 3 heteroatoms. The molecule has 1 aliphatic carbocycles. The Morgan fingerprint density at radius 3 is 2.24 bits per heavy atom. The average Bonchev–Trinajstić information content (AvgIpc) is 3.30. The first kappa shape index (κ1) is 14.1. The monoisotopic (exact) mass is 281 g/mol. The number of aromatic nitrogens is 2. The van der Waals surface area contributed by atoms with Gasteiger partial charge in [-0.05, 0) is 23.8 Å². The molecule has 1 aromatic heterocycles. The maximum Gasteiger partial charge on any atom is 0.161 e. The second kappa shape index (κ2) is 5.14. The normalized spacial score (nSPS) is 15.0. The van der Waals surface area contributed by atoms with Crippen molar-refractivity contribution in [2.24, 2.45) is 0 Å². The smallest absolute Gasteiger partial charge is 0.161 e. The van der Waals surface area contributed by atoms with E-state index in [0.29, 0.717) is 5.92 Å². The largest absolute Gasteiger partial charge is 0.373 e. The molecule has 0 aliphatic heterocycles. The number of nitrogens with zero attached hydrogens (tertiary/aromatic N) is 2. The molecule has 1 fully saturated rings. The van der Waals surface area contributed by atoms with E-state index in [2.05, 4.69) is 61.4 Å². The third kappa shape index (κ3) is 3.07. The number of hydrogen-bond donors (Lipinski definition) is 1. The van der Waals surface area contributed by atoms with Gasteiger partial charge in [-0.15, -0.1) is 0 Å². The van der Waals surface area contributed by atoms with E-state index < -0.39 is 0 Å². The highest BCUT2D eigenvalue weighted by molar-refractivity contribution is 5.58. The molecule has 1 heterocycles. The Hall–Kier alpha value is -1.90. The Labute approximate surface area is 126 Å². The molecule has 110 valence electrons. The molecule has 0 atom stereocenters. The van der Waals surface area contributed by atoms with Gasteiger partial charge in [-0.1, -0.05) is 45.0 Å². The quantitative estimate of drug-likeness (QED) is 0.908. The Morgan fingerprint density at radius 1 is 1.05 bits per heavy atom. The minimum Gasteiger partial charge on any atom is -0.373 e. The van der Waals surface area contributed by atoms with Crippen molar-refractivity contribution in [2.45, 2.75) is 44.9 Å². The predicted molar refractivity (Wildman–Crippen MR) is 87.7 cm³/mol. The topological polar surface area (TPSA) is 37.8 Å². The third-order valence-electron chi connectivity index (χ3n) is 4.01. The van der Waals surface area contributed by atoms with Gasteiger partial charge in [0.25, 0.3) is 0 Å². The summed E-state index contributed by atoms with van der Waals surface area (Å²) in [6.07, 6.45) is 2.51. The van der Waals surface area contributed by atoms with Gasteiger partial charge in [0.05, 0.1) is 0 Å². The van der Waals surface area contributed by atoms with E-state index in [1.54, 1.807) is 0 Å². The maximum absolute atomic E-state index is 4.75. The van der Waals surface area contributed by atoms with Crippen LogP contribution in [0.3, 0.4) is 0 Å². The van der Waals surface area contributed by atoms with Gasteiger partial charge in [0.2, 0.25) is 0 Å². The van der Waals surface area contributed by atoms with Crippen LogP contribution in [0, 0.1) is 0 Å². The molecule has 0 spiro atoms. The number of rotatable bonds is 3. The van der Waals surface area contributed by atoms with Gasteiger partial charge in [-0.2, -0.15) is 0 Å². The van der Waals surface area contributed by atoms with Gasteiger partial charge in [0.15, 0.2) is 5.82 Å². The fraction of sp³-hybridized carbons (Fsp3) is 0.444. The fourth-order valence-electron chi connectivity index (χ4n) is 2.43. The van der Waals surface area contributed by atoms with E-state index in [1.807, 2.05) is 7.05 Å². The number of hydrogen-bond acceptors (Lipinski definition) is 3. The van der Waals surface area contributed by atoms with E-state index in [9.17, 15) is 0 Å². The first-order valence-electron chi connectivity index (χ1n) is 7.65. The summed E-state index contributed by atoms with van der Waals surface area (Å²) in [7, 11) is 1.91. The van der Waals surface area contributed by atoms with E-state index in [1.165, 1.54) is 24.1 Å². The Balaban J connectivity index is 1.97. The number of nitrogens with one attached hydrogen (secondary N) is 1. The standard InChI is InChI=1S/C18H23N3/c1-18(2,3)14-9-7-13(8-10-14)17-20-15(12-5-6-12)11-16(19-4)21-17/h7-12H,5-6H2,1-4H3,(H,19,20,21). The van der Waals surface area contributed by atoms with Crippen LogP contribution in [0.25, 0.3) is 11.4 Å². The molecule has 3 rings (SSSR count). The maximum atomic E-state index is 4.75. The lowest BCUT2D eigenvalue weighted by molar-refractivity contribution is 0.590. The molecule has 0 amide bonds. The van der Waals surface area contributed by atoms with Crippen molar-refractivity contribution < 1.29 is 0 Å². The van der Waals surface area contributed by atoms with Gasteiger partial charge >= 0.3 is 0 Å². The van der Waals surface area contributed by atoms with Crippen molar-refractivity contribution >= 4 is 5.82 Å². The van der Waals surface area contributed by atoms with Crippen LogP contribution in [0.1, 0.15) is 50.8 Å². The summed E-state index contributed by atoms with van der Waals surface area (Å²) in [6.45, 7) is 6.68. The van der Waals surface area contributed by atoms with E-state index in [-0.39, 0.29) is 5.41 Å². The predicted octanol–water partition coefficient (Wildman–Crippen LogP) is 4.36. The minimum absolute atomic E-state index is 0.172. The van der Waals surface area contributed by atoms with Crippen LogP contribution in [-0.2, 0) is 5.41 Å². The zero-order valence-electron chi connectivity index (χ0n) is 13.3. The van der Waals surface area contributed by atoms with Gasteiger partial charge in [-0.25, -0.2) is 9.97 Å². The van der Waals surface area contributed by atoms with E-state index in [0.717, 1.165) is 17.2 Å². The lowest BCUT2D eigenvalue weighted by atomic mass is 9.87. The molecular formula is C18H23N3. The van der Waals surface area contributed by atoms with Gasteiger partial charge < -0.3 is 5.32 Å². The summed E-state index contributed by atoms with van der Waals surface area (Å²) in [5, 5.41) is 3.14. The lowest BCUT2D eigenvalue weighted by Crippen LogP contribution is -2.10. The zero-order valence-corrected chi connectivity index (χ0v) is 13.3. The molecule has 1 aromatic carbocycles. The molecule has 2 aromatic rings. The van der Waals surface area contributed by atoms with Gasteiger partial charge in [-0.3, -0.25) is 0 Å². The molecule has 1 N–H and O–H groups in total. The molecule has 0 unspecified atom stereocenters. The number of benzene rings is 1. The van der Waals surface area contributed by atoms with E-state index in [4.69, 9.17) is 4.98 Å². The van der Waals surface area contributed by atoms with Crippen molar-refractivity contribution in [2.75, 3.05) is 12.4 Å². The Morgan fingerprint density at radius 2 is 1.71 bits per heavy atom. The van der Waals surface area contributed by atoms with Crippen LogP contribution in [0.2, 0.25) is 0 Å². The summed E-state index contributed by atoms with van der Waals surface area (Å²) in [4.78, 5) is 9.36. The van der Waals surface area contributed by atoms with E-state index >= 15 is 0 Å². The molecular weight excluding hydrogens is 258 g/mol. The molecule has 3 nitrogen and oxygen atoms in total. The van der Waals surface area contributed by atoms with Crippen LogP contribution in [0.15, 0.2) is 30.3 Å². The van der Waals surface area contributed by atoms with Crippen LogP contribution < -0.4 is 5.32 Å². The van der Waals surface area contributed by atoms with Crippen molar-refractivity contribution in [3.8, 4) is 11.4 Å². The molecule has 0 radical (unpaired) electrons. The second-order valence-electron chi connectivity index (χ2n) is 6.85. The van der Waals surface area contributed by atoms with Crippen LogP contribution in [0.4, 0.5) is 5.82 Å². The highest BCUT2D eigenvalue weighted by Gasteiger charge is 2.26. The Kier molecular flexibility index (Phi) is 3.44. The second-order valence-corrected chi connectivity index (χ2v) is 6.85.